The number of carbonyl (C=O) groups is 6. The molecule has 2 amide bonds. The number of alkyl carbamates (subject to hydrolysis) is 1. The molecule has 0 radical (unpaired) electrons. The van der Waals surface area contributed by atoms with Gasteiger partial charge in [-0.05, 0) is 70.0 Å². The van der Waals surface area contributed by atoms with Crippen LogP contribution in [0, 0.1) is 16.7 Å². The van der Waals surface area contributed by atoms with E-state index in [0.29, 0.717) is 0 Å². The average Bonchev–Trinajstić information content (AvgIpc) is 3.22. The molecule has 18 heteroatoms. The first-order valence-corrected chi connectivity index (χ1v) is 21.2. The van der Waals surface area contributed by atoms with Gasteiger partial charge in [0.15, 0.2) is 29.2 Å². The molecule has 1 aromatic heterocycles. The predicted molar refractivity (Wildman–Crippen MR) is 222 cm³/mol. The number of aliphatic hydroxyl groups is 2. The molecule has 0 unspecified atom stereocenters. The lowest BCUT2D eigenvalue weighted by Gasteiger charge is -2.78. The second kappa shape index (κ2) is 16.2. The summed E-state index contributed by atoms with van der Waals surface area (Å²) in [5, 5.41) is 28.1. The van der Waals surface area contributed by atoms with Gasteiger partial charge in [-0.2, -0.15) is 0 Å². The van der Waals surface area contributed by atoms with Crippen LogP contribution in [0.25, 0.3) is 0 Å². The van der Waals surface area contributed by atoms with Gasteiger partial charge in [-0.15, -0.1) is 0 Å². The summed E-state index contributed by atoms with van der Waals surface area (Å²) in [5.41, 5.74) is -9.99. The van der Waals surface area contributed by atoms with Gasteiger partial charge in [0.2, 0.25) is 0 Å². The van der Waals surface area contributed by atoms with Gasteiger partial charge in [-0.3, -0.25) is 14.6 Å². The second-order valence-electron chi connectivity index (χ2n) is 19.1. The maximum absolute atomic E-state index is 15.9. The fourth-order valence-electron chi connectivity index (χ4n) is 11.2. The van der Waals surface area contributed by atoms with Crippen LogP contribution in [-0.2, 0) is 47.5 Å². The minimum Gasteiger partial charge on any atom is -0.456 e. The third-order valence-corrected chi connectivity index (χ3v) is 13.9. The van der Waals surface area contributed by atoms with Gasteiger partial charge in [0, 0.05) is 59.0 Å². The first-order chi connectivity index (χ1) is 29.9. The topological polar surface area (TPSA) is 236 Å². The predicted octanol–water partition coefficient (Wildman–Crippen LogP) is 3.77. The van der Waals surface area contributed by atoms with E-state index in [9.17, 15) is 34.2 Å². The lowest BCUT2D eigenvalue weighted by atomic mass is 9.31. The smallest absolute Gasteiger partial charge is 0.410 e. The zero-order chi connectivity index (χ0) is 46.9. The van der Waals surface area contributed by atoms with Crippen LogP contribution in [0.2, 0.25) is 0 Å². The van der Waals surface area contributed by atoms with Crippen molar-refractivity contribution in [2.45, 2.75) is 127 Å². The summed E-state index contributed by atoms with van der Waals surface area (Å²) in [6.07, 6.45) is -8.46. The van der Waals surface area contributed by atoms with Crippen molar-refractivity contribution in [3.05, 3.63) is 77.1 Å². The Kier molecular flexibility index (Phi) is 11.8. The molecular weight excluding hydrogens is 835 g/mol. The highest BCUT2D eigenvalue weighted by molar-refractivity contribution is 5.96. The lowest BCUT2D eigenvalue weighted by molar-refractivity contribution is -0.404. The van der Waals surface area contributed by atoms with Gasteiger partial charge in [-0.1, -0.05) is 31.2 Å². The summed E-state index contributed by atoms with van der Waals surface area (Å²) in [6, 6.07) is 11.2. The van der Waals surface area contributed by atoms with E-state index >= 15 is 4.79 Å². The number of amides is 2. The zero-order valence-corrected chi connectivity index (χ0v) is 37.7. The molecule has 1 saturated heterocycles. The van der Waals surface area contributed by atoms with Crippen molar-refractivity contribution in [3.8, 4) is 0 Å². The maximum Gasteiger partial charge on any atom is 0.410 e. The molecule has 12 atom stereocenters. The van der Waals surface area contributed by atoms with Crippen LogP contribution in [0.5, 0.6) is 0 Å². The van der Waals surface area contributed by atoms with Crippen molar-refractivity contribution >= 4 is 35.9 Å². The maximum atomic E-state index is 15.9. The average molecular weight is 892 g/mol. The number of nitrogens with zero attached hydrogens (tertiary/aromatic N) is 2. The van der Waals surface area contributed by atoms with Crippen molar-refractivity contribution < 1.29 is 72.1 Å². The number of ether oxygens (including phenoxy) is 7. The molecule has 2 heterocycles. The van der Waals surface area contributed by atoms with E-state index in [0.717, 1.165) is 4.90 Å². The molecule has 0 spiro atoms. The number of carbonyl (C=O) groups excluding carboxylic acids is 6. The zero-order valence-electron chi connectivity index (χ0n) is 37.7. The molecule has 6 aliphatic rings. The Morgan fingerprint density at radius 3 is 2.23 bits per heavy atom. The van der Waals surface area contributed by atoms with Gasteiger partial charge in [0.25, 0.3) is 0 Å². The van der Waals surface area contributed by atoms with Crippen molar-refractivity contribution in [3.63, 3.8) is 0 Å². The van der Waals surface area contributed by atoms with Crippen LogP contribution in [-0.4, -0.2) is 137 Å². The minimum atomic E-state index is -2.30. The number of esters is 3. The molecule has 8 rings (SSSR count). The van der Waals surface area contributed by atoms with Gasteiger partial charge in [0.1, 0.15) is 29.5 Å². The van der Waals surface area contributed by atoms with E-state index in [-0.39, 0.29) is 41.9 Å². The number of hydrogen-bond donors (Lipinski definition) is 3. The number of benzene rings is 1. The van der Waals surface area contributed by atoms with Crippen LogP contribution in [0.15, 0.2) is 65.9 Å². The number of fused-ring (bicyclic) bond motifs is 2. The number of ketones is 1. The summed E-state index contributed by atoms with van der Waals surface area (Å²) < 4.78 is 42.7. The van der Waals surface area contributed by atoms with Crippen LogP contribution in [0.1, 0.15) is 89.8 Å². The first kappa shape index (κ1) is 46.6. The number of aromatic nitrogens is 1. The van der Waals surface area contributed by atoms with Crippen molar-refractivity contribution in [1.82, 2.24) is 15.2 Å². The van der Waals surface area contributed by atoms with Crippen LogP contribution >= 0.6 is 0 Å². The number of aliphatic hydroxyl groups excluding tert-OH is 1. The van der Waals surface area contributed by atoms with Crippen molar-refractivity contribution in [2.75, 3.05) is 27.8 Å². The molecule has 346 valence electrons. The number of hydrogen-bond acceptors (Lipinski definition) is 16. The van der Waals surface area contributed by atoms with Gasteiger partial charge < -0.3 is 53.6 Å². The van der Waals surface area contributed by atoms with E-state index in [1.807, 2.05) is 0 Å². The SMILES string of the molecule is CO[C@H]1C[C@H]2OC[C@@]2(OC(C)=O)[C@@H]2[C@]1(C)C(=O)[C@H](OC(=O)N(C)C)C1=C(C)[C@@H](OC(=O)[C@H](O)[C@@H](NC(=O)OC(C)(C)C)c3ccccn3)C[C@]3(O)[C@@]1(C)C[C@@]23OC(=O)c1ccccc1. The Labute approximate surface area is 370 Å². The van der Waals surface area contributed by atoms with Crippen molar-refractivity contribution in [1.29, 1.82) is 0 Å². The summed E-state index contributed by atoms with van der Waals surface area (Å²) in [5.74, 6) is -5.04. The second-order valence-corrected chi connectivity index (χ2v) is 19.1. The third-order valence-electron chi connectivity index (χ3n) is 13.9. The van der Waals surface area contributed by atoms with Crippen LogP contribution in [0.3, 0.4) is 0 Å². The molecule has 64 heavy (non-hydrogen) atoms. The van der Waals surface area contributed by atoms with Gasteiger partial charge >= 0.3 is 30.1 Å². The highest BCUT2D eigenvalue weighted by Gasteiger charge is 2.89. The first-order valence-electron chi connectivity index (χ1n) is 21.2. The number of methoxy groups -OCH3 is 1. The Morgan fingerprint density at radius 2 is 1.67 bits per heavy atom. The Morgan fingerprint density at radius 1 is 1.00 bits per heavy atom. The van der Waals surface area contributed by atoms with Gasteiger partial charge in [0.05, 0.1) is 35.3 Å². The molecule has 3 N–H and O–H groups in total. The van der Waals surface area contributed by atoms with E-state index in [1.165, 1.54) is 52.5 Å². The summed E-state index contributed by atoms with van der Waals surface area (Å²) in [7, 11) is 4.25. The number of Topliss-reactive ketones (excluding diaryl/α,β-unsaturated/α-hetero) is 1. The molecule has 1 aromatic carbocycles. The Bertz CT molecular complexity index is 2250. The van der Waals surface area contributed by atoms with Crippen molar-refractivity contribution in [2.24, 2.45) is 16.7 Å². The number of pyridine rings is 1. The lowest BCUT2D eigenvalue weighted by Crippen LogP contribution is -2.91. The van der Waals surface area contributed by atoms with Crippen LogP contribution < -0.4 is 5.32 Å². The molecular formula is C46H57N3O15. The molecule has 2 aromatic rings. The number of nitrogens with one attached hydrogen (secondary N) is 1. The highest BCUT2D eigenvalue weighted by Crippen LogP contribution is 2.77. The molecule has 18 nitrogen and oxygen atoms in total. The van der Waals surface area contributed by atoms with E-state index in [1.54, 1.807) is 71.9 Å². The third kappa shape index (κ3) is 7.13. The van der Waals surface area contributed by atoms with Gasteiger partial charge in [-0.25, -0.2) is 19.2 Å². The van der Waals surface area contributed by atoms with E-state index in [4.69, 9.17) is 33.2 Å². The Hall–Kier alpha value is -5.43. The Balaban J connectivity index is 1.43. The standard InChI is InChI=1S/C46H57N3O15/c1-24-28(60-37(54)33(51)32(27-18-14-15-19-47-27)48-39(55)64-41(3,4)5)21-46(57)42(6)22-45(46,63-36(53)26-16-12-11-13-17-26)38-43(7,35(52)34(31(24)42)61-40(56)49(8)9)29(58-10)20-30-44(38,23-59-30)62-25(2)50/h11-19,28-30,32-34,38,51,57H,20-23H2,1-10H3,(H,48,55)/t28-,29-,30+,32-,33+,34+,38-,42-,43-,44-,45+,46-/m0/s1. The summed E-state index contributed by atoms with van der Waals surface area (Å²) in [4.78, 5) is 90.1. The fourth-order valence-corrected chi connectivity index (χ4v) is 11.2. The largest absolute Gasteiger partial charge is 0.456 e. The fraction of sp³-hybridized carbons (Fsp3) is 0.587. The van der Waals surface area contributed by atoms with Crippen LogP contribution in [0.4, 0.5) is 9.59 Å². The highest BCUT2D eigenvalue weighted by atomic mass is 16.6. The quantitative estimate of drug-likeness (QED) is 0.175. The molecule has 5 fully saturated rings. The normalized spacial score (nSPS) is 34.6. The van der Waals surface area contributed by atoms with E-state index in [2.05, 4.69) is 10.3 Å². The molecule has 5 aliphatic carbocycles. The summed E-state index contributed by atoms with van der Waals surface area (Å²) in [6.45, 7) is 10.6. The number of rotatable bonds is 10. The monoisotopic (exact) mass is 891 g/mol. The minimum absolute atomic E-state index is 0.0280. The molecule has 4 bridgehead atoms. The molecule has 1 aliphatic heterocycles. The van der Waals surface area contributed by atoms with E-state index < -0.39 is 118 Å². The molecule has 4 saturated carbocycles. The summed E-state index contributed by atoms with van der Waals surface area (Å²) >= 11 is 0.